The summed E-state index contributed by atoms with van der Waals surface area (Å²) in [5.74, 6) is -2.07. The Morgan fingerprint density at radius 1 is 1.03 bits per heavy atom. The van der Waals surface area contributed by atoms with Crippen LogP contribution in [0.3, 0.4) is 0 Å². The first kappa shape index (κ1) is 31.4. The Kier molecular flexibility index (Phi) is 14.8. The number of hydrogen-bond acceptors (Lipinski definition) is 8. The highest BCUT2D eigenvalue weighted by atomic mass is 32.2. The summed E-state index contributed by atoms with van der Waals surface area (Å²) in [6.07, 6.45) is 7.09. The number of nitrogens with one attached hydrogen (secondary N) is 4. The lowest BCUT2D eigenvalue weighted by atomic mass is 10.0. The van der Waals surface area contributed by atoms with Crippen LogP contribution in [0.4, 0.5) is 0 Å². The number of carbonyl (C=O) groups is 4. The molecule has 1 heterocycles. The van der Waals surface area contributed by atoms with Crippen molar-refractivity contribution in [2.24, 2.45) is 17.4 Å². The lowest BCUT2D eigenvalue weighted by Gasteiger charge is -2.25. The minimum atomic E-state index is -1.15. The van der Waals surface area contributed by atoms with E-state index in [1.165, 1.54) is 24.3 Å². The van der Waals surface area contributed by atoms with Crippen molar-refractivity contribution < 1.29 is 24.3 Å². The first-order chi connectivity index (χ1) is 17.1. The maximum Gasteiger partial charge on any atom is 0.326 e. The summed E-state index contributed by atoms with van der Waals surface area (Å²) >= 11 is 1.47. The largest absolute Gasteiger partial charge is 0.480 e. The van der Waals surface area contributed by atoms with Crippen molar-refractivity contribution in [1.82, 2.24) is 25.9 Å². The van der Waals surface area contributed by atoms with Crippen LogP contribution in [0.5, 0.6) is 0 Å². The molecule has 204 valence electrons. The molecule has 0 aliphatic heterocycles. The molecule has 0 aromatic carbocycles. The zero-order chi connectivity index (χ0) is 27.1. The van der Waals surface area contributed by atoms with Crippen molar-refractivity contribution >= 4 is 35.5 Å². The average Bonchev–Trinajstić information content (AvgIpc) is 3.33. The fourth-order valence-electron chi connectivity index (χ4n) is 3.52. The monoisotopic (exact) mass is 527 g/mol. The molecule has 12 nitrogen and oxygen atoms in total. The summed E-state index contributed by atoms with van der Waals surface area (Å²) < 4.78 is 0. The molecule has 4 atom stereocenters. The summed E-state index contributed by atoms with van der Waals surface area (Å²) in [5, 5.41) is 17.4. The number of carbonyl (C=O) groups excluding carboxylic acids is 3. The molecule has 4 unspecified atom stereocenters. The zero-order valence-corrected chi connectivity index (χ0v) is 22.1. The van der Waals surface area contributed by atoms with Crippen molar-refractivity contribution in [3.63, 3.8) is 0 Å². The first-order valence-electron chi connectivity index (χ1n) is 12.1. The predicted molar refractivity (Wildman–Crippen MR) is 139 cm³/mol. The van der Waals surface area contributed by atoms with Crippen molar-refractivity contribution in [2.45, 2.75) is 76.5 Å². The summed E-state index contributed by atoms with van der Waals surface area (Å²) in [6.45, 7) is 4.30. The number of nitrogens with zero attached hydrogens (tertiary/aromatic N) is 1. The van der Waals surface area contributed by atoms with Gasteiger partial charge in [-0.25, -0.2) is 9.78 Å². The molecule has 0 saturated heterocycles. The highest BCUT2D eigenvalue weighted by Crippen LogP contribution is 2.08. The van der Waals surface area contributed by atoms with E-state index in [2.05, 4.69) is 25.9 Å². The first-order valence-corrected chi connectivity index (χ1v) is 13.5. The molecule has 1 aromatic rings. The minimum Gasteiger partial charge on any atom is -0.480 e. The highest BCUT2D eigenvalue weighted by Gasteiger charge is 2.30. The Bertz CT molecular complexity index is 822. The van der Waals surface area contributed by atoms with Crippen LogP contribution in [0, 0.1) is 5.92 Å². The molecule has 13 heteroatoms. The number of carboxylic acids is 1. The fraction of sp³-hybridized carbons (Fsp3) is 0.696. The molecular weight excluding hydrogens is 486 g/mol. The normalized spacial score (nSPS) is 14.5. The number of thioether (sulfide) groups is 1. The third-order valence-electron chi connectivity index (χ3n) is 5.48. The average molecular weight is 528 g/mol. The molecule has 0 spiro atoms. The summed E-state index contributed by atoms with van der Waals surface area (Å²) in [7, 11) is 0. The van der Waals surface area contributed by atoms with Gasteiger partial charge in [0.05, 0.1) is 12.4 Å². The van der Waals surface area contributed by atoms with Crippen LogP contribution in [0.15, 0.2) is 12.5 Å². The quantitative estimate of drug-likeness (QED) is 0.125. The lowest BCUT2D eigenvalue weighted by molar-refractivity contribution is -0.142. The maximum atomic E-state index is 13.3. The molecule has 3 amide bonds. The van der Waals surface area contributed by atoms with E-state index in [4.69, 9.17) is 11.5 Å². The third kappa shape index (κ3) is 11.9. The second-order valence-corrected chi connectivity index (χ2v) is 10.1. The number of H-pyrrole nitrogens is 1. The van der Waals surface area contributed by atoms with Gasteiger partial charge in [-0.3, -0.25) is 14.4 Å². The number of nitrogens with two attached hydrogens (primary N) is 2. The number of imidazole rings is 1. The molecule has 0 saturated carbocycles. The molecule has 0 radical (unpaired) electrons. The number of carboxylic acid groups (broad SMARTS) is 1. The van der Waals surface area contributed by atoms with Gasteiger partial charge in [-0.05, 0) is 56.6 Å². The second-order valence-electron chi connectivity index (χ2n) is 9.10. The molecule has 1 aromatic heterocycles. The molecule has 0 aliphatic carbocycles. The van der Waals surface area contributed by atoms with E-state index in [-0.39, 0.29) is 25.2 Å². The summed E-state index contributed by atoms with van der Waals surface area (Å²) in [5.41, 5.74) is 12.2. The Balaban J connectivity index is 3.02. The van der Waals surface area contributed by atoms with Gasteiger partial charge >= 0.3 is 5.97 Å². The summed E-state index contributed by atoms with van der Waals surface area (Å²) in [4.78, 5) is 57.4. The van der Waals surface area contributed by atoms with E-state index in [1.54, 1.807) is 0 Å². The number of unbranched alkanes of at least 4 members (excludes halogenated alkanes) is 1. The van der Waals surface area contributed by atoms with Gasteiger partial charge in [0.2, 0.25) is 17.7 Å². The molecule has 36 heavy (non-hydrogen) atoms. The van der Waals surface area contributed by atoms with Gasteiger partial charge < -0.3 is 37.5 Å². The van der Waals surface area contributed by atoms with Crippen LogP contribution >= 0.6 is 11.8 Å². The van der Waals surface area contributed by atoms with Crippen LogP contribution < -0.4 is 27.4 Å². The predicted octanol–water partition coefficient (Wildman–Crippen LogP) is -0.253. The smallest absolute Gasteiger partial charge is 0.326 e. The Hall–Kier alpha value is -2.64. The number of hydrogen-bond donors (Lipinski definition) is 7. The molecular formula is C23H41N7O5S. The number of amides is 3. The van der Waals surface area contributed by atoms with Crippen LogP contribution in [-0.4, -0.2) is 81.5 Å². The van der Waals surface area contributed by atoms with Crippen molar-refractivity contribution in [2.75, 3.05) is 18.6 Å². The van der Waals surface area contributed by atoms with Crippen LogP contribution in [0.2, 0.25) is 0 Å². The zero-order valence-electron chi connectivity index (χ0n) is 21.3. The van der Waals surface area contributed by atoms with Crippen LogP contribution in [-0.2, 0) is 25.6 Å². The third-order valence-corrected chi connectivity index (χ3v) is 6.12. The van der Waals surface area contributed by atoms with E-state index in [0.717, 1.165) is 0 Å². The topological polar surface area (TPSA) is 205 Å². The number of aromatic nitrogens is 2. The molecule has 1 rings (SSSR count). The van der Waals surface area contributed by atoms with Gasteiger partial charge in [0, 0.05) is 18.3 Å². The van der Waals surface area contributed by atoms with E-state index < -0.39 is 47.9 Å². The Labute approximate surface area is 216 Å². The van der Waals surface area contributed by atoms with Gasteiger partial charge in [0.15, 0.2) is 0 Å². The van der Waals surface area contributed by atoms with Crippen molar-refractivity contribution in [3.8, 4) is 0 Å². The van der Waals surface area contributed by atoms with Crippen LogP contribution in [0.1, 0.15) is 51.6 Å². The van der Waals surface area contributed by atoms with Gasteiger partial charge in [-0.2, -0.15) is 11.8 Å². The standard InChI is InChI=1S/C23H41N7O5S/c1-14(2)10-16(25)20(31)30-19(11-15-12-26-13-27-15)22(33)28-17(6-4-5-8-24)21(32)29-18(23(34)35)7-9-36-3/h12-14,16-19H,4-11,24-25H2,1-3H3,(H,26,27)(H,28,33)(H,29,32)(H,30,31)(H,34,35). The SMILES string of the molecule is CSCCC(NC(=O)C(CCCCN)NC(=O)C(Cc1cnc[nH]1)NC(=O)C(N)CC(C)C)C(=O)O. The van der Waals surface area contributed by atoms with Crippen molar-refractivity contribution in [3.05, 3.63) is 18.2 Å². The molecule has 0 bridgehead atoms. The number of rotatable bonds is 18. The highest BCUT2D eigenvalue weighted by molar-refractivity contribution is 7.98. The number of aromatic amines is 1. The van der Waals surface area contributed by atoms with Gasteiger partial charge in [0.1, 0.15) is 18.1 Å². The number of aliphatic carboxylic acids is 1. The van der Waals surface area contributed by atoms with Gasteiger partial charge in [-0.1, -0.05) is 13.8 Å². The Morgan fingerprint density at radius 2 is 1.67 bits per heavy atom. The minimum absolute atomic E-state index is 0.106. The summed E-state index contributed by atoms with van der Waals surface area (Å²) in [6, 6.07) is -3.88. The lowest BCUT2D eigenvalue weighted by Crippen LogP contribution is -2.57. The van der Waals surface area contributed by atoms with Crippen LogP contribution in [0.25, 0.3) is 0 Å². The van der Waals surface area contributed by atoms with E-state index >= 15 is 0 Å². The van der Waals surface area contributed by atoms with Crippen molar-refractivity contribution in [1.29, 1.82) is 0 Å². The van der Waals surface area contributed by atoms with Gasteiger partial charge in [-0.15, -0.1) is 0 Å². The van der Waals surface area contributed by atoms with E-state index in [1.807, 2.05) is 20.1 Å². The Morgan fingerprint density at radius 3 is 2.22 bits per heavy atom. The maximum absolute atomic E-state index is 13.3. The second kappa shape index (κ2) is 16.9. The van der Waals surface area contributed by atoms with Gasteiger partial charge in [0.25, 0.3) is 0 Å². The van der Waals surface area contributed by atoms with E-state index in [9.17, 15) is 24.3 Å². The molecule has 0 fully saturated rings. The fourth-order valence-corrected chi connectivity index (χ4v) is 3.99. The molecule has 9 N–H and O–H groups in total. The van der Waals surface area contributed by atoms with E-state index in [0.29, 0.717) is 37.3 Å². The molecule has 0 aliphatic rings.